The number of hydrogen-bond donors (Lipinski definition) is 2. The van der Waals surface area contributed by atoms with Gasteiger partial charge in [0.25, 0.3) is 0 Å². The molecular formula is C16H22N4O3S2. The Morgan fingerprint density at radius 2 is 1.92 bits per heavy atom. The SMILES string of the molecule is Cc1nc([C@H](C)N(C)C(=O)Nc2cccc(NS(C)(=O)=O)c2)c(C)s1. The van der Waals surface area contributed by atoms with Crippen LogP contribution < -0.4 is 10.0 Å². The molecular weight excluding hydrogens is 360 g/mol. The minimum atomic E-state index is -3.37. The van der Waals surface area contributed by atoms with Gasteiger partial charge in [-0.2, -0.15) is 0 Å². The monoisotopic (exact) mass is 382 g/mol. The average Bonchev–Trinajstić information content (AvgIpc) is 2.83. The van der Waals surface area contributed by atoms with E-state index in [0.29, 0.717) is 11.4 Å². The fourth-order valence-electron chi connectivity index (χ4n) is 2.38. The number of rotatable bonds is 5. The highest BCUT2D eigenvalue weighted by molar-refractivity contribution is 7.92. The van der Waals surface area contributed by atoms with Gasteiger partial charge >= 0.3 is 6.03 Å². The number of benzene rings is 1. The zero-order valence-electron chi connectivity index (χ0n) is 14.8. The fourth-order valence-corrected chi connectivity index (χ4v) is 3.84. The number of hydrogen-bond acceptors (Lipinski definition) is 5. The van der Waals surface area contributed by atoms with Crippen molar-refractivity contribution in [3.8, 4) is 0 Å². The Kier molecular flexibility index (Phi) is 5.69. The third-order valence-corrected chi connectivity index (χ3v) is 5.16. The molecule has 25 heavy (non-hydrogen) atoms. The standard InChI is InChI=1S/C16H22N4O3S2/c1-10(15-11(2)24-12(3)17-15)20(4)16(21)18-13-7-6-8-14(9-13)19-25(5,22)23/h6-10,19H,1-5H3,(H,18,21)/t10-/m0/s1. The van der Waals surface area contributed by atoms with Crippen LogP contribution in [0.25, 0.3) is 0 Å². The summed E-state index contributed by atoms with van der Waals surface area (Å²) in [5, 5.41) is 3.74. The molecule has 0 unspecified atom stereocenters. The summed E-state index contributed by atoms with van der Waals surface area (Å²) in [5.74, 6) is 0. The maximum Gasteiger partial charge on any atom is 0.322 e. The van der Waals surface area contributed by atoms with Crippen LogP contribution in [0.15, 0.2) is 24.3 Å². The first kappa shape index (κ1) is 19.2. The zero-order chi connectivity index (χ0) is 18.8. The van der Waals surface area contributed by atoms with E-state index in [4.69, 9.17) is 0 Å². The lowest BCUT2D eigenvalue weighted by Gasteiger charge is -2.24. The van der Waals surface area contributed by atoms with Crippen LogP contribution in [0.5, 0.6) is 0 Å². The van der Waals surface area contributed by atoms with Crippen LogP contribution in [0.2, 0.25) is 0 Å². The number of amides is 2. The van der Waals surface area contributed by atoms with E-state index < -0.39 is 10.0 Å². The smallest absolute Gasteiger partial charge is 0.319 e. The van der Waals surface area contributed by atoms with Gasteiger partial charge in [0.15, 0.2) is 0 Å². The number of nitrogens with zero attached hydrogens (tertiary/aromatic N) is 2. The van der Waals surface area contributed by atoms with Gasteiger partial charge in [-0.25, -0.2) is 18.2 Å². The lowest BCUT2D eigenvalue weighted by molar-refractivity contribution is 0.207. The van der Waals surface area contributed by atoms with Crippen molar-refractivity contribution in [2.75, 3.05) is 23.3 Å². The van der Waals surface area contributed by atoms with Crippen molar-refractivity contribution in [1.82, 2.24) is 9.88 Å². The summed E-state index contributed by atoms with van der Waals surface area (Å²) < 4.78 is 25.0. The molecule has 2 N–H and O–H groups in total. The molecule has 1 aromatic carbocycles. The van der Waals surface area contributed by atoms with Crippen LogP contribution in [0, 0.1) is 13.8 Å². The Labute approximate surface area is 152 Å². The van der Waals surface area contributed by atoms with Crippen molar-refractivity contribution < 1.29 is 13.2 Å². The van der Waals surface area contributed by atoms with Gasteiger partial charge in [-0.05, 0) is 39.0 Å². The number of carbonyl (C=O) groups is 1. The molecule has 136 valence electrons. The maximum absolute atomic E-state index is 12.5. The molecule has 2 rings (SSSR count). The second-order valence-corrected chi connectivity index (χ2v) is 9.00. The molecule has 0 aliphatic heterocycles. The molecule has 1 heterocycles. The first-order chi connectivity index (χ1) is 11.6. The number of anilines is 2. The van der Waals surface area contributed by atoms with Crippen molar-refractivity contribution in [3.05, 3.63) is 39.8 Å². The van der Waals surface area contributed by atoms with Gasteiger partial charge in [-0.3, -0.25) is 4.72 Å². The highest BCUT2D eigenvalue weighted by Gasteiger charge is 2.21. The molecule has 0 aliphatic carbocycles. The van der Waals surface area contributed by atoms with E-state index in [1.807, 2.05) is 20.8 Å². The van der Waals surface area contributed by atoms with Crippen molar-refractivity contribution >= 4 is 38.8 Å². The Hall–Kier alpha value is -2.13. The third kappa shape index (κ3) is 5.17. The van der Waals surface area contributed by atoms with E-state index in [0.717, 1.165) is 21.8 Å². The van der Waals surface area contributed by atoms with Gasteiger partial charge in [0.05, 0.1) is 28.7 Å². The van der Waals surface area contributed by atoms with Gasteiger partial charge in [0.2, 0.25) is 10.0 Å². The molecule has 1 aromatic heterocycles. The Bertz CT molecular complexity index is 877. The van der Waals surface area contributed by atoms with E-state index in [9.17, 15) is 13.2 Å². The normalized spacial score (nSPS) is 12.5. The number of aryl methyl sites for hydroxylation is 2. The van der Waals surface area contributed by atoms with Crippen LogP contribution in [-0.2, 0) is 10.0 Å². The van der Waals surface area contributed by atoms with Crippen LogP contribution in [0.1, 0.15) is 28.5 Å². The number of sulfonamides is 1. The second kappa shape index (κ2) is 7.40. The maximum atomic E-state index is 12.5. The number of thiazole rings is 1. The van der Waals surface area contributed by atoms with Crippen molar-refractivity contribution in [3.63, 3.8) is 0 Å². The second-order valence-electron chi connectivity index (χ2n) is 5.85. The summed E-state index contributed by atoms with van der Waals surface area (Å²) in [6, 6.07) is 6.07. The molecule has 1 atom stereocenters. The van der Waals surface area contributed by atoms with Crippen LogP contribution >= 0.6 is 11.3 Å². The molecule has 0 spiro atoms. The fraction of sp³-hybridized carbons (Fsp3) is 0.375. The van der Waals surface area contributed by atoms with E-state index in [2.05, 4.69) is 15.0 Å². The summed E-state index contributed by atoms with van der Waals surface area (Å²) in [6.07, 6.45) is 1.08. The summed E-state index contributed by atoms with van der Waals surface area (Å²) in [7, 11) is -1.67. The van der Waals surface area contributed by atoms with Crippen molar-refractivity contribution in [1.29, 1.82) is 0 Å². The van der Waals surface area contributed by atoms with E-state index in [-0.39, 0.29) is 12.1 Å². The Morgan fingerprint density at radius 3 is 2.48 bits per heavy atom. The third-order valence-electron chi connectivity index (χ3n) is 3.65. The summed E-state index contributed by atoms with van der Waals surface area (Å²) in [6.45, 7) is 5.85. The minimum Gasteiger partial charge on any atom is -0.319 e. The molecule has 0 saturated heterocycles. The number of nitrogens with one attached hydrogen (secondary N) is 2. The molecule has 0 bridgehead atoms. The Balaban J connectivity index is 2.11. The van der Waals surface area contributed by atoms with Crippen molar-refractivity contribution in [2.45, 2.75) is 26.8 Å². The molecule has 2 amide bonds. The lowest BCUT2D eigenvalue weighted by atomic mass is 10.2. The van der Waals surface area contributed by atoms with E-state index in [1.165, 1.54) is 0 Å². The van der Waals surface area contributed by atoms with Crippen molar-refractivity contribution in [2.24, 2.45) is 0 Å². The van der Waals surface area contributed by atoms with Crippen LogP contribution in [0.4, 0.5) is 16.2 Å². The van der Waals surface area contributed by atoms with Crippen LogP contribution in [-0.4, -0.2) is 37.6 Å². The minimum absolute atomic E-state index is 0.178. The highest BCUT2D eigenvalue weighted by atomic mass is 32.2. The van der Waals surface area contributed by atoms with Gasteiger partial charge in [0.1, 0.15) is 0 Å². The van der Waals surface area contributed by atoms with Crippen LogP contribution in [0.3, 0.4) is 0 Å². The van der Waals surface area contributed by atoms with Gasteiger partial charge in [-0.1, -0.05) is 6.07 Å². The first-order valence-corrected chi connectivity index (χ1v) is 10.3. The lowest BCUT2D eigenvalue weighted by Crippen LogP contribution is -2.34. The first-order valence-electron chi connectivity index (χ1n) is 7.62. The predicted molar refractivity (Wildman–Crippen MR) is 102 cm³/mol. The van der Waals surface area contributed by atoms with Gasteiger partial charge < -0.3 is 10.2 Å². The topological polar surface area (TPSA) is 91.4 Å². The predicted octanol–water partition coefficient (Wildman–Crippen LogP) is 3.36. The summed E-state index contributed by atoms with van der Waals surface area (Å²) in [5.41, 5.74) is 1.78. The summed E-state index contributed by atoms with van der Waals surface area (Å²) >= 11 is 1.60. The number of carbonyl (C=O) groups excluding carboxylic acids is 1. The molecule has 7 nitrogen and oxygen atoms in total. The van der Waals surface area contributed by atoms with E-state index in [1.54, 1.807) is 47.5 Å². The zero-order valence-corrected chi connectivity index (χ0v) is 16.5. The molecule has 0 fully saturated rings. The molecule has 2 aromatic rings. The quantitative estimate of drug-likeness (QED) is 0.829. The highest BCUT2D eigenvalue weighted by Crippen LogP contribution is 2.26. The van der Waals surface area contributed by atoms with E-state index >= 15 is 0 Å². The average molecular weight is 383 g/mol. The number of aromatic nitrogens is 1. The molecule has 0 saturated carbocycles. The van der Waals surface area contributed by atoms with Gasteiger partial charge in [0, 0.05) is 17.6 Å². The molecule has 0 aliphatic rings. The van der Waals surface area contributed by atoms with Gasteiger partial charge in [-0.15, -0.1) is 11.3 Å². The largest absolute Gasteiger partial charge is 0.322 e. The molecule has 9 heteroatoms. The summed E-state index contributed by atoms with van der Waals surface area (Å²) in [4.78, 5) is 19.6. The Morgan fingerprint density at radius 1 is 1.28 bits per heavy atom. The molecule has 0 radical (unpaired) electrons. The number of urea groups is 1.